The average molecular weight is 398 g/mol. The van der Waals surface area contributed by atoms with Crippen LogP contribution in [0.3, 0.4) is 0 Å². The van der Waals surface area contributed by atoms with Crippen LogP contribution in [0, 0.1) is 3.57 Å². The van der Waals surface area contributed by atoms with Gasteiger partial charge in [0, 0.05) is 26.6 Å². The molecule has 0 aliphatic heterocycles. The van der Waals surface area contributed by atoms with E-state index in [-0.39, 0.29) is 5.91 Å². The molecule has 6 heteroatoms. The third-order valence-corrected chi connectivity index (χ3v) is 3.84. The number of carbonyl (C=O) groups is 1. The third-order valence-electron chi connectivity index (χ3n) is 2.90. The van der Waals surface area contributed by atoms with Gasteiger partial charge in [0.25, 0.3) is 5.91 Å². The van der Waals surface area contributed by atoms with E-state index in [1.165, 1.54) is 0 Å². The Morgan fingerprint density at radius 1 is 1.10 bits per heavy atom. The molecule has 110 valence electrons. The first kappa shape index (κ1) is 15.4. The quantitative estimate of drug-likeness (QED) is 0.613. The second-order valence-electron chi connectivity index (χ2n) is 4.26. The number of halogens is 1. The van der Waals surface area contributed by atoms with Gasteiger partial charge in [0.2, 0.25) is 0 Å². The van der Waals surface area contributed by atoms with Crippen molar-refractivity contribution in [3.05, 3.63) is 45.5 Å². The van der Waals surface area contributed by atoms with Crippen molar-refractivity contribution in [2.75, 3.05) is 25.3 Å². The molecule has 3 N–H and O–H groups in total. The molecule has 2 aromatic rings. The van der Waals surface area contributed by atoms with Gasteiger partial charge in [-0.2, -0.15) is 0 Å². The Balaban J connectivity index is 2.21. The fourth-order valence-corrected chi connectivity index (χ4v) is 2.30. The molecule has 2 aromatic carbocycles. The van der Waals surface area contributed by atoms with E-state index in [2.05, 4.69) is 27.9 Å². The second-order valence-corrected chi connectivity index (χ2v) is 5.42. The molecule has 21 heavy (non-hydrogen) atoms. The molecule has 0 bridgehead atoms. The van der Waals surface area contributed by atoms with Gasteiger partial charge in [-0.1, -0.05) is 0 Å². The summed E-state index contributed by atoms with van der Waals surface area (Å²) in [6.07, 6.45) is 0. The van der Waals surface area contributed by atoms with Crippen molar-refractivity contribution in [3.8, 4) is 11.5 Å². The topological polar surface area (TPSA) is 73.6 Å². The minimum absolute atomic E-state index is 0.208. The lowest BCUT2D eigenvalue weighted by Gasteiger charge is -2.11. The molecule has 0 radical (unpaired) electrons. The molecule has 0 heterocycles. The minimum atomic E-state index is -0.208. The highest BCUT2D eigenvalue weighted by Crippen LogP contribution is 2.30. The molecule has 0 aliphatic rings. The predicted molar refractivity (Wildman–Crippen MR) is 91.1 cm³/mol. The second kappa shape index (κ2) is 6.66. The summed E-state index contributed by atoms with van der Waals surface area (Å²) in [5, 5.41) is 2.81. The van der Waals surface area contributed by atoms with Crippen molar-refractivity contribution in [3.63, 3.8) is 0 Å². The molecule has 1 amide bonds. The number of nitrogens with one attached hydrogen (secondary N) is 1. The highest BCUT2D eigenvalue weighted by molar-refractivity contribution is 14.1. The largest absolute Gasteiger partial charge is 0.493 e. The zero-order valence-electron chi connectivity index (χ0n) is 11.6. The van der Waals surface area contributed by atoms with Crippen molar-refractivity contribution in [2.45, 2.75) is 0 Å². The summed E-state index contributed by atoms with van der Waals surface area (Å²) in [5.74, 6) is 0.958. The summed E-state index contributed by atoms with van der Waals surface area (Å²) in [6.45, 7) is 0. The minimum Gasteiger partial charge on any atom is -0.493 e. The Bertz CT molecular complexity index is 674. The summed E-state index contributed by atoms with van der Waals surface area (Å²) in [6, 6.07) is 10.3. The number of carbonyl (C=O) groups excluding carboxylic acids is 1. The van der Waals surface area contributed by atoms with Gasteiger partial charge < -0.3 is 20.5 Å². The van der Waals surface area contributed by atoms with E-state index in [1.807, 2.05) is 0 Å². The number of nitrogen functional groups attached to an aromatic ring is 1. The van der Waals surface area contributed by atoms with Crippen molar-refractivity contribution < 1.29 is 14.3 Å². The number of anilines is 2. The van der Waals surface area contributed by atoms with Gasteiger partial charge in [0.05, 0.1) is 14.2 Å². The maximum atomic E-state index is 12.2. The molecule has 0 atom stereocenters. The molecule has 0 saturated heterocycles. The van der Waals surface area contributed by atoms with E-state index in [0.29, 0.717) is 28.4 Å². The van der Waals surface area contributed by atoms with E-state index < -0.39 is 0 Å². The Labute approximate surface area is 136 Å². The summed E-state index contributed by atoms with van der Waals surface area (Å²) < 4.78 is 11.2. The molecule has 0 unspecified atom stereocenters. The fraction of sp³-hybridized carbons (Fsp3) is 0.133. The Morgan fingerprint density at radius 3 is 2.43 bits per heavy atom. The van der Waals surface area contributed by atoms with Crippen molar-refractivity contribution in [1.82, 2.24) is 0 Å². The monoisotopic (exact) mass is 398 g/mol. The first-order valence-corrected chi connectivity index (χ1v) is 7.21. The maximum Gasteiger partial charge on any atom is 0.255 e. The molecule has 0 aromatic heterocycles. The van der Waals surface area contributed by atoms with Crippen LogP contribution in [0.5, 0.6) is 11.5 Å². The van der Waals surface area contributed by atoms with Crippen molar-refractivity contribution in [1.29, 1.82) is 0 Å². The fourth-order valence-electron chi connectivity index (χ4n) is 1.79. The highest BCUT2D eigenvalue weighted by Gasteiger charge is 2.10. The van der Waals surface area contributed by atoms with Gasteiger partial charge in [0.1, 0.15) is 0 Å². The maximum absolute atomic E-state index is 12.2. The number of ether oxygens (including phenoxy) is 2. The molecule has 5 nitrogen and oxygen atoms in total. The van der Waals surface area contributed by atoms with E-state index in [1.54, 1.807) is 50.6 Å². The van der Waals surface area contributed by atoms with Crippen LogP contribution in [0.25, 0.3) is 0 Å². The molecular weight excluding hydrogens is 383 g/mol. The van der Waals surface area contributed by atoms with Gasteiger partial charge in [-0.3, -0.25) is 4.79 Å². The van der Waals surface area contributed by atoms with Gasteiger partial charge in [-0.15, -0.1) is 0 Å². The van der Waals surface area contributed by atoms with Crippen LogP contribution in [0.2, 0.25) is 0 Å². The van der Waals surface area contributed by atoms with Gasteiger partial charge in [-0.25, -0.2) is 0 Å². The van der Waals surface area contributed by atoms with E-state index >= 15 is 0 Å². The number of benzene rings is 2. The zero-order valence-corrected chi connectivity index (χ0v) is 13.8. The normalized spacial score (nSPS) is 10.0. The van der Waals surface area contributed by atoms with Gasteiger partial charge >= 0.3 is 0 Å². The molecule has 0 saturated carbocycles. The van der Waals surface area contributed by atoms with Crippen LogP contribution in [0.15, 0.2) is 36.4 Å². The number of rotatable bonds is 4. The lowest BCUT2D eigenvalue weighted by Crippen LogP contribution is -2.12. The smallest absolute Gasteiger partial charge is 0.255 e. The number of hydrogen-bond donors (Lipinski definition) is 2. The number of amides is 1. The van der Waals surface area contributed by atoms with Gasteiger partial charge in [0.15, 0.2) is 11.5 Å². The van der Waals surface area contributed by atoms with Crippen LogP contribution in [0.4, 0.5) is 11.4 Å². The van der Waals surface area contributed by atoms with Crippen molar-refractivity contribution in [2.24, 2.45) is 0 Å². The van der Waals surface area contributed by atoms with E-state index in [0.717, 1.165) is 3.57 Å². The summed E-state index contributed by atoms with van der Waals surface area (Å²) >= 11 is 2.09. The standard InChI is InChI=1S/C15H15IN2O3/c1-20-13-6-4-10(8-14(13)21-2)18-15(19)9-3-5-12(17)11(16)7-9/h3-8H,17H2,1-2H3,(H,18,19). The predicted octanol–water partition coefficient (Wildman–Crippen LogP) is 3.14. The average Bonchev–Trinajstić information content (AvgIpc) is 2.49. The van der Waals surface area contributed by atoms with Crippen LogP contribution in [-0.4, -0.2) is 20.1 Å². The summed E-state index contributed by atoms with van der Waals surface area (Å²) in [7, 11) is 3.11. The Kier molecular flexibility index (Phi) is 4.89. The molecule has 0 spiro atoms. The van der Waals surface area contributed by atoms with Crippen molar-refractivity contribution >= 4 is 39.9 Å². The van der Waals surface area contributed by atoms with Crippen LogP contribution < -0.4 is 20.5 Å². The summed E-state index contributed by atoms with van der Waals surface area (Å²) in [4.78, 5) is 12.2. The highest BCUT2D eigenvalue weighted by atomic mass is 127. The van der Waals surface area contributed by atoms with E-state index in [4.69, 9.17) is 15.2 Å². The van der Waals surface area contributed by atoms with Gasteiger partial charge in [-0.05, 0) is 52.9 Å². The molecular formula is C15H15IN2O3. The zero-order chi connectivity index (χ0) is 15.4. The number of hydrogen-bond acceptors (Lipinski definition) is 4. The third kappa shape index (κ3) is 3.57. The first-order valence-electron chi connectivity index (χ1n) is 6.13. The SMILES string of the molecule is COc1ccc(NC(=O)c2ccc(N)c(I)c2)cc1OC. The molecule has 0 aliphatic carbocycles. The van der Waals surface area contributed by atoms with Crippen LogP contribution >= 0.6 is 22.6 Å². The first-order chi connectivity index (χ1) is 10.0. The Hall–Kier alpha value is -1.96. The lowest BCUT2D eigenvalue weighted by molar-refractivity contribution is 0.102. The molecule has 2 rings (SSSR count). The number of nitrogens with two attached hydrogens (primary N) is 1. The van der Waals surface area contributed by atoms with Crippen LogP contribution in [-0.2, 0) is 0 Å². The van der Waals surface area contributed by atoms with Crippen LogP contribution in [0.1, 0.15) is 10.4 Å². The number of methoxy groups -OCH3 is 2. The molecule has 0 fully saturated rings. The van der Waals surface area contributed by atoms with E-state index in [9.17, 15) is 4.79 Å². The lowest BCUT2D eigenvalue weighted by atomic mass is 10.2. The summed E-state index contributed by atoms with van der Waals surface area (Å²) in [5.41, 5.74) is 7.57. The Morgan fingerprint density at radius 2 is 1.81 bits per heavy atom.